The summed E-state index contributed by atoms with van der Waals surface area (Å²) in [5.41, 5.74) is 2.03. The minimum absolute atomic E-state index is 0.110. The maximum Gasteiger partial charge on any atom is 0.417 e. The Balaban J connectivity index is 1.55. The molecule has 0 saturated heterocycles. The molecule has 0 aliphatic heterocycles. The van der Waals surface area contributed by atoms with Crippen molar-refractivity contribution in [3.8, 4) is 0 Å². The van der Waals surface area contributed by atoms with Crippen molar-refractivity contribution in [2.24, 2.45) is 0 Å². The van der Waals surface area contributed by atoms with Crippen LogP contribution in [0.5, 0.6) is 0 Å². The number of benzene rings is 1. The Morgan fingerprint density at radius 2 is 2.29 bits per heavy atom. The van der Waals surface area contributed by atoms with Gasteiger partial charge in [-0.25, -0.2) is 4.79 Å². The summed E-state index contributed by atoms with van der Waals surface area (Å²) in [4.78, 5) is 18.2. The van der Waals surface area contributed by atoms with Gasteiger partial charge in [0.2, 0.25) is 5.89 Å². The third-order valence-corrected chi connectivity index (χ3v) is 3.57. The normalized spacial score (nSPS) is 16.2. The van der Waals surface area contributed by atoms with Crippen molar-refractivity contribution in [1.82, 2.24) is 15.1 Å². The van der Waals surface area contributed by atoms with Crippen LogP contribution >= 0.6 is 0 Å². The zero-order valence-electron chi connectivity index (χ0n) is 11.4. The number of oxazole rings is 1. The van der Waals surface area contributed by atoms with E-state index in [0.717, 1.165) is 24.4 Å². The van der Waals surface area contributed by atoms with Gasteiger partial charge in [-0.15, -0.1) is 0 Å². The first-order chi connectivity index (χ1) is 10.2. The monoisotopic (exact) mass is 286 g/mol. The Labute approximate surface area is 119 Å². The van der Waals surface area contributed by atoms with Gasteiger partial charge < -0.3 is 14.3 Å². The molecule has 4 rings (SSSR count). The van der Waals surface area contributed by atoms with E-state index in [9.17, 15) is 4.79 Å². The molecular weight excluding hydrogens is 272 g/mol. The average molecular weight is 286 g/mol. The molecule has 1 aliphatic carbocycles. The maximum absolute atomic E-state index is 11.1. The van der Waals surface area contributed by atoms with Crippen molar-refractivity contribution < 1.29 is 8.94 Å². The number of aromatic nitrogens is 3. The van der Waals surface area contributed by atoms with E-state index in [-0.39, 0.29) is 6.04 Å². The molecule has 1 fully saturated rings. The molecule has 0 unspecified atom stereocenters. The first-order valence-corrected chi connectivity index (χ1v) is 6.92. The van der Waals surface area contributed by atoms with E-state index in [1.165, 1.54) is 0 Å². The predicted molar refractivity (Wildman–Crippen MR) is 75.1 cm³/mol. The SMILES string of the molecule is C[C@@H](Nc1ccc2oc(=O)[nH]c2c1)c1nc(C2CC2)no1. The highest BCUT2D eigenvalue weighted by atomic mass is 16.5. The van der Waals surface area contributed by atoms with E-state index in [0.29, 0.717) is 22.9 Å². The molecule has 1 saturated carbocycles. The second-order valence-corrected chi connectivity index (χ2v) is 5.36. The number of anilines is 1. The first-order valence-electron chi connectivity index (χ1n) is 6.92. The van der Waals surface area contributed by atoms with E-state index in [1.807, 2.05) is 19.1 Å². The largest absolute Gasteiger partial charge is 0.417 e. The Morgan fingerprint density at radius 1 is 1.43 bits per heavy atom. The number of H-pyrrole nitrogens is 1. The quantitative estimate of drug-likeness (QED) is 0.765. The summed E-state index contributed by atoms with van der Waals surface area (Å²) in [7, 11) is 0. The molecular formula is C14H14N4O3. The van der Waals surface area contributed by atoms with Crippen molar-refractivity contribution in [2.45, 2.75) is 31.7 Å². The number of hydrogen-bond donors (Lipinski definition) is 2. The van der Waals surface area contributed by atoms with Crippen molar-refractivity contribution in [1.29, 1.82) is 0 Å². The van der Waals surface area contributed by atoms with Crippen LogP contribution in [0.2, 0.25) is 0 Å². The molecule has 108 valence electrons. The van der Waals surface area contributed by atoms with E-state index in [4.69, 9.17) is 8.94 Å². The number of fused-ring (bicyclic) bond motifs is 1. The zero-order valence-corrected chi connectivity index (χ0v) is 11.4. The van der Waals surface area contributed by atoms with E-state index >= 15 is 0 Å². The van der Waals surface area contributed by atoms with Gasteiger partial charge in [0.1, 0.15) is 6.04 Å². The highest BCUT2D eigenvalue weighted by Gasteiger charge is 2.29. The fourth-order valence-electron chi connectivity index (χ4n) is 2.28. The van der Waals surface area contributed by atoms with Crippen LogP contribution in [0, 0.1) is 0 Å². The minimum atomic E-state index is -0.457. The van der Waals surface area contributed by atoms with Crippen molar-refractivity contribution in [2.75, 3.05) is 5.32 Å². The van der Waals surface area contributed by atoms with Crippen molar-refractivity contribution in [3.63, 3.8) is 0 Å². The standard InChI is InChI=1S/C14H14N4O3/c1-7(13-17-12(18-21-13)8-2-3-8)15-9-4-5-11-10(6-9)16-14(19)20-11/h4-8,15H,2-3H2,1H3,(H,16,19)/t7-/m1/s1. The summed E-state index contributed by atoms with van der Waals surface area (Å²) >= 11 is 0. The lowest BCUT2D eigenvalue weighted by molar-refractivity contribution is 0.363. The van der Waals surface area contributed by atoms with Crippen LogP contribution in [0.1, 0.15) is 43.4 Å². The number of nitrogens with zero attached hydrogens (tertiary/aromatic N) is 2. The molecule has 2 aromatic heterocycles. The Morgan fingerprint density at radius 3 is 3.10 bits per heavy atom. The molecule has 1 aromatic carbocycles. The summed E-state index contributed by atoms with van der Waals surface area (Å²) in [6.07, 6.45) is 2.29. The fraction of sp³-hybridized carbons (Fsp3) is 0.357. The van der Waals surface area contributed by atoms with E-state index in [2.05, 4.69) is 20.4 Å². The summed E-state index contributed by atoms with van der Waals surface area (Å²) < 4.78 is 10.3. The maximum atomic E-state index is 11.1. The highest BCUT2D eigenvalue weighted by molar-refractivity contribution is 5.76. The predicted octanol–water partition coefficient (Wildman–Crippen LogP) is 2.55. The Kier molecular flexibility index (Phi) is 2.60. The molecule has 2 heterocycles. The molecule has 1 aliphatic rings. The smallest absolute Gasteiger partial charge is 0.408 e. The topological polar surface area (TPSA) is 97.0 Å². The third kappa shape index (κ3) is 2.31. The number of aromatic amines is 1. The van der Waals surface area contributed by atoms with Crippen LogP contribution in [0.3, 0.4) is 0 Å². The van der Waals surface area contributed by atoms with Crippen molar-refractivity contribution in [3.05, 3.63) is 40.5 Å². The van der Waals surface area contributed by atoms with Gasteiger partial charge in [-0.1, -0.05) is 5.16 Å². The lowest BCUT2D eigenvalue weighted by Crippen LogP contribution is -2.07. The number of nitrogens with one attached hydrogen (secondary N) is 2. The molecule has 0 spiro atoms. The summed E-state index contributed by atoms with van der Waals surface area (Å²) in [6.45, 7) is 1.95. The average Bonchev–Trinajstić information content (AvgIpc) is 3.06. The van der Waals surface area contributed by atoms with Gasteiger partial charge in [0, 0.05) is 11.6 Å². The Hall–Kier alpha value is -2.57. The van der Waals surface area contributed by atoms with Gasteiger partial charge in [0.15, 0.2) is 11.4 Å². The Bertz CT molecular complexity index is 843. The minimum Gasteiger partial charge on any atom is -0.408 e. The molecule has 1 atom stereocenters. The summed E-state index contributed by atoms with van der Waals surface area (Å²) in [5.74, 6) is 1.38. The van der Waals surface area contributed by atoms with Crippen LogP contribution in [0.4, 0.5) is 5.69 Å². The molecule has 3 aromatic rings. The van der Waals surface area contributed by atoms with Crippen LogP contribution in [0.15, 0.2) is 31.9 Å². The van der Waals surface area contributed by atoms with Crippen molar-refractivity contribution >= 4 is 16.8 Å². The molecule has 0 bridgehead atoms. The van der Waals surface area contributed by atoms with Gasteiger partial charge >= 0.3 is 5.76 Å². The van der Waals surface area contributed by atoms with Gasteiger partial charge in [0.05, 0.1) is 5.52 Å². The van der Waals surface area contributed by atoms with Gasteiger partial charge in [-0.05, 0) is 38.0 Å². The van der Waals surface area contributed by atoms with Gasteiger partial charge in [0.25, 0.3) is 0 Å². The van der Waals surface area contributed by atoms with Crippen LogP contribution in [-0.2, 0) is 0 Å². The first kappa shape index (κ1) is 12.2. The molecule has 7 nitrogen and oxygen atoms in total. The lowest BCUT2D eigenvalue weighted by atomic mass is 10.2. The van der Waals surface area contributed by atoms with Gasteiger partial charge in [-0.3, -0.25) is 4.98 Å². The highest BCUT2D eigenvalue weighted by Crippen LogP contribution is 2.38. The molecule has 0 radical (unpaired) electrons. The number of hydrogen-bond acceptors (Lipinski definition) is 6. The second-order valence-electron chi connectivity index (χ2n) is 5.36. The van der Waals surface area contributed by atoms with Crippen LogP contribution < -0.4 is 11.1 Å². The third-order valence-electron chi connectivity index (χ3n) is 3.57. The van der Waals surface area contributed by atoms with E-state index < -0.39 is 5.76 Å². The van der Waals surface area contributed by atoms with Crippen LogP contribution in [0.25, 0.3) is 11.1 Å². The summed E-state index contributed by atoms with van der Waals surface area (Å²) in [6, 6.07) is 5.29. The molecule has 0 amide bonds. The van der Waals surface area contributed by atoms with E-state index in [1.54, 1.807) is 6.07 Å². The molecule has 21 heavy (non-hydrogen) atoms. The van der Waals surface area contributed by atoms with Gasteiger partial charge in [-0.2, -0.15) is 4.98 Å². The van der Waals surface area contributed by atoms with Crippen LogP contribution in [-0.4, -0.2) is 15.1 Å². The second kappa shape index (κ2) is 4.47. The zero-order chi connectivity index (χ0) is 14.4. The number of rotatable bonds is 4. The molecule has 7 heteroatoms. The molecule has 2 N–H and O–H groups in total. The summed E-state index contributed by atoms with van der Waals surface area (Å²) in [5, 5.41) is 7.28. The lowest BCUT2D eigenvalue weighted by Gasteiger charge is -2.10. The fourth-order valence-corrected chi connectivity index (χ4v) is 2.28.